The van der Waals surface area contributed by atoms with Crippen LogP contribution in [0.15, 0.2) is 94.7 Å². The molecule has 3 atom stereocenters. The number of thiazole rings is 1. The van der Waals surface area contributed by atoms with Crippen molar-refractivity contribution < 1.29 is 33.4 Å². The normalized spacial score (nSPS) is 18.2. The molecule has 49 heavy (non-hydrogen) atoms. The molecule has 1 fully saturated rings. The van der Waals surface area contributed by atoms with E-state index in [-0.39, 0.29) is 24.0 Å². The van der Waals surface area contributed by atoms with Crippen LogP contribution in [0.5, 0.6) is 11.5 Å². The van der Waals surface area contributed by atoms with E-state index < -0.39 is 34.9 Å². The van der Waals surface area contributed by atoms with Gasteiger partial charge in [0, 0.05) is 16.5 Å². The van der Waals surface area contributed by atoms with Crippen molar-refractivity contribution >= 4 is 68.9 Å². The maximum Gasteiger partial charge on any atom is 0.338 e. The molecule has 3 heterocycles. The number of carbonyl (C=O) groups is 4. The van der Waals surface area contributed by atoms with Gasteiger partial charge in [-0.3, -0.25) is 19.2 Å². The van der Waals surface area contributed by atoms with Crippen LogP contribution in [-0.4, -0.2) is 54.2 Å². The van der Waals surface area contributed by atoms with Crippen LogP contribution in [0, 0.1) is 5.92 Å². The van der Waals surface area contributed by atoms with Gasteiger partial charge < -0.3 is 24.5 Å². The molecule has 0 bridgehead atoms. The summed E-state index contributed by atoms with van der Waals surface area (Å²) in [4.78, 5) is 69.7. The van der Waals surface area contributed by atoms with Crippen LogP contribution in [-0.2, 0) is 19.1 Å². The molecule has 0 saturated carbocycles. The number of rotatable bonds is 9. The Labute approximate surface area is 288 Å². The van der Waals surface area contributed by atoms with Crippen molar-refractivity contribution in [2.75, 3.05) is 30.5 Å². The Balaban J connectivity index is 1.14. The Morgan fingerprint density at radius 3 is 2.43 bits per heavy atom. The molecule has 5 aromatic rings. The highest BCUT2D eigenvalue weighted by molar-refractivity contribution is 8.00. The van der Waals surface area contributed by atoms with Gasteiger partial charge in [0.25, 0.3) is 5.91 Å². The molecule has 0 radical (unpaired) electrons. The van der Waals surface area contributed by atoms with Crippen LogP contribution in [0.1, 0.15) is 33.6 Å². The number of methoxy groups -OCH3 is 1. The second-order valence-electron chi connectivity index (χ2n) is 11.3. The smallest absolute Gasteiger partial charge is 0.338 e. The Bertz CT molecular complexity index is 2180. The number of imide groups is 1. The lowest BCUT2D eigenvalue weighted by Gasteiger charge is -2.30. The zero-order chi connectivity index (χ0) is 34.2. The first-order valence-corrected chi connectivity index (χ1v) is 17.1. The molecule has 4 aromatic carbocycles. The number of carbonyl (C=O) groups excluding carboxylic acids is 4. The van der Waals surface area contributed by atoms with Crippen molar-refractivity contribution in [3.8, 4) is 11.5 Å². The monoisotopic (exact) mass is 695 g/mol. The summed E-state index contributed by atoms with van der Waals surface area (Å²) in [6, 6.07) is 24.7. The van der Waals surface area contributed by atoms with Crippen LogP contribution in [0.3, 0.4) is 0 Å². The summed E-state index contributed by atoms with van der Waals surface area (Å²) in [5.41, 5.74) is 1.91. The van der Waals surface area contributed by atoms with Gasteiger partial charge in [-0.25, -0.2) is 9.69 Å². The summed E-state index contributed by atoms with van der Waals surface area (Å²) in [6.07, 6.45) is 0. The molecule has 13 heteroatoms. The Kier molecular flexibility index (Phi) is 8.69. The molecule has 2 aliphatic heterocycles. The van der Waals surface area contributed by atoms with E-state index in [0.29, 0.717) is 43.9 Å². The summed E-state index contributed by atoms with van der Waals surface area (Å²) >= 11 is 2.16. The van der Waals surface area contributed by atoms with Gasteiger partial charge in [0.15, 0.2) is 18.1 Å². The third kappa shape index (κ3) is 6.07. The molecule has 3 amide bonds. The number of esters is 1. The summed E-state index contributed by atoms with van der Waals surface area (Å²) in [5.74, 6) is -2.56. The van der Waals surface area contributed by atoms with E-state index >= 15 is 0 Å². The fourth-order valence-electron chi connectivity index (χ4n) is 6.20. The second-order valence-corrected chi connectivity index (χ2v) is 13.5. The third-order valence-electron chi connectivity index (χ3n) is 8.40. The number of fused-ring (bicyclic) bond motifs is 3. The Morgan fingerprint density at radius 1 is 0.898 bits per heavy atom. The molecule has 0 aliphatic carbocycles. The number of thioether (sulfide) groups is 1. The number of anilines is 2. The summed E-state index contributed by atoms with van der Waals surface area (Å²) in [7, 11) is 1.46. The van der Waals surface area contributed by atoms with E-state index in [2.05, 4.69) is 10.3 Å². The average Bonchev–Trinajstić information content (AvgIpc) is 3.60. The number of hydrogen-bond donors (Lipinski definition) is 2. The van der Waals surface area contributed by atoms with E-state index in [1.165, 1.54) is 31.0 Å². The van der Waals surface area contributed by atoms with Crippen LogP contribution in [0.25, 0.3) is 10.8 Å². The predicted octanol–water partition coefficient (Wildman–Crippen LogP) is 5.59. The Hall–Kier alpha value is -5.40. The highest BCUT2D eigenvalue weighted by Crippen LogP contribution is 2.53. The molecular weight excluding hydrogens is 667 g/mol. The van der Waals surface area contributed by atoms with Gasteiger partial charge in [0.2, 0.25) is 11.8 Å². The van der Waals surface area contributed by atoms with E-state index in [1.54, 1.807) is 37.3 Å². The van der Waals surface area contributed by atoms with Gasteiger partial charge in [-0.15, -0.1) is 0 Å². The van der Waals surface area contributed by atoms with Crippen LogP contribution in [0.4, 0.5) is 11.4 Å². The molecular formula is C36H29N3O8S2. The first-order chi connectivity index (χ1) is 23.7. The first-order valence-electron chi connectivity index (χ1n) is 15.4. The van der Waals surface area contributed by atoms with Crippen molar-refractivity contribution in [3.05, 3.63) is 111 Å². The van der Waals surface area contributed by atoms with Gasteiger partial charge in [-0.05, 0) is 71.8 Å². The zero-order valence-corrected chi connectivity index (χ0v) is 27.9. The maximum absolute atomic E-state index is 14.1. The van der Waals surface area contributed by atoms with Gasteiger partial charge in [0.1, 0.15) is 5.25 Å². The summed E-state index contributed by atoms with van der Waals surface area (Å²) in [5, 5.41) is 4.63. The van der Waals surface area contributed by atoms with Crippen molar-refractivity contribution in [2.24, 2.45) is 5.92 Å². The molecule has 2 aliphatic rings. The topological polar surface area (TPSA) is 144 Å². The minimum atomic E-state index is -0.828. The highest BCUT2D eigenvalue weighted by atomic mass is 32.2. The number of amides is 3. The average molecular weight is 696 g/mol. The molecule has 2 unspecified atom stereocenters. The molecule has 248 valence electrons. The number of benzene rings is 4. The lowest BCUT2D eigenvalue weighted by Crippen LogP contribution is -2.32. The summed E-state index contributed by atoms with van der Waals surface area (Å²) in [6.45, 7) is 1.64. The quantitative estimate of drug-likeness (QED) is 0.149. The van der Waals surface area contributed by atoms with Gasteiger partial charge in [0.05, 0.1) is 35.9 Å². The van der Waals surface area contributed by atoms with Crippen molar-refractivity contribution in [1.82, 2.24) is 4.98 Å². The van der Waals surface area contributed by atoms with E-state index in [1.807, 2.05) is 42.5 Å². The molecule has 1 saturated heterocycles. The largest absolute Gasteiger partial charge is 0.493 e. The van der Waals surface area contributed by atoms with Crippen LogP contribution >= 0.6 is 23.1 Å². The van der Waals surface area contributed by atoms with E-state index in [4.69, 9.17) is 14.2 Å². The number of nitrogens with one attached hydrogen (secondary N) is 2. The van der Waals surface area contributed by atoms with E-state index in [9.17, 15) is 24.0 Å². The highest BCUT2D eigenvalue weighted by Gasteiger charge is 2.56. The molecule has 7 rings (SSSR count). The second kappa shape index (κ2) is 13.2. The molecule has 1 aromatic heterocycles. The maximum atomic E-state index is 14.1. The third-order valence-corrected chi connectivity index (χ3v) is 10.8. The fraction of sp³-hybridized carbons (Fsp3) is 0.194. The van der Waals surface area contributed by atoms with Crippen LogP contribution in [0.2, 0.25) is 0 Å². The number of hydrogen-bond acceptors (Lipinski definition) is 10. The molecule has 11 nitrogen and oxygen atoms in total. The number of ether oxygens (including phenoxy) is 3. The minimum absolute atomic E-state index is 0.219. The van der Waals surface area contributed by atoms with Crippen LogP contribution < -0.4 is 24.6 Å². The molecule has 0 spiro atoms. The molecule has 2 N–H and O–H groups in total. The predicted molar refractivity (Wildman–Crippen MR) is 186 cm³/mol. The van der Waals surface area contributed by atoms with Crippen molar-refractivity contribution in [3.63, 3.8) is 0 Å². The number of aromatic amines is 1. The van der Waals surface area contributed by atoms with Crippen molar-refractivity contribution in [2.45, 2.75) is 23.1 Å². The summed E-state index contributed by atoms with van der Waals surface area (Å²) < 4.78 is 16.5. The SMILES string of the molecule is CCOC(=O)c1ccc(N2C(=O)C3Sc4[nH]c(=O)sc4[C@H](c4ccc(OCC(=O)Nc5ccc6ccccc6c5)c(OC)c4)C3C2=O)cc1. The van der Waals surface area contributed by atoms with E-state index in [0.717, 1.165) is 27.0 Å². The lowest BCUT2D eigenvalue weighted by molar-refractivity contribution is -0.122. The lowest BCUT2D eigenvalue weighted by atomic mass is 9.83. The standard InChI is InChI=1S/C36H29N3O8S2/c1-3-46-35(43)20-9-13-24(14-10-20)39-33(41)29-28(30-32(38-36(44)49-30)48-31(29)34(39)42)22-11-15-25(26(17-22)45-2)47-18-27(40)37-23-12-8-19-6-4-5-7-21(19)16-23/h4-17,28-29,31H,3,18H2,1-2H3,(H,37,40)(H,38,44)/t28-,29?,31?/m1/s1. The zero-order valence-electron chi connectivity index (χ0n) is 26.3. The first kappa shape index (κ1) is 32.2. The number of aromatic nitrogens is 1. The van der Waals surface area contributed by atoms with Gasteiger partial charge in [-0.1, -0.05) is 59.5 Å². The van der Waals surface area contributed by atoms with Gasteiger partial charge in [-0.2, -0.15) is 0 Å². The van der Waals surface area contributed by atoms with Gasteiger partial charge >= 0.3 is 10.8 Å². The fourth-order valence-corrected chi connectivity index (χ4v) is 8.71. The Morgan fingerprint density at radius 2 is 1.67 bits per heavy atom. The van der Waals surface area contributed by atoms with Crippen molar-refractivity contribution in [1.29, 1.82) is 0 Å². The minimum Gasteiger partial charge on any atom is -0.493 e. The number of H-pyrrole nitrogens is 1. The number of nitrogens with zero attached hydrogens (tertiary/aromatic N) is 1.